The molecule has 0 unspecified atom stereocenters. The Hall–Kier alpha value is -3.52. The number of guanidine groups is 1. The van der Waals surface area contributed by atoms with Crippen LogP contribution in [0, 0.1) is 5.82 Å². The van der Waals surface area contributed by atoms with Crippen molar-refractivity contribution in [3.63, 3.8) is 0 Å². The van der Waals surface area contributed by atoms with Crippen molar-refractivity contribution in [2.45, 2.75) is 6.18 Å². The molecule has 0 fully saturated rings. The number of alkyl halides is 3. The van der Waals surface area contributed by atoms with Crippen molar-refractivity contribution in [1.82, 2.24) is 15.6 Å². The number of anilines is 2. The summed E-state index contributed by atoms with van der Waals surface area (Å²) in [4.78, 5) is 3.14. The number of nitrogens with zero attached hydrogens (tertiary/aromatic N) is 4. The summed E-state index contributed by atoms with van der Waals surface area (Å²) in [5.41, 5.74) is 6.15. The molecule has 1 heterocycles. The van der Waals surface area contributed by atoms with Gasteiger partial charge in [-0.15, -0.1) is 0 Å². The number of aromatic nitrogens is 2. The number of hydrogen-bond donors (Lipinski definition) is 5. The van der Waals surface area contributed by atoms with E-state index in [-0.39, 0.29) is 36.4 Å². The van der Waals surface area contributed by atoms with E-state index >= 15 is 0 Å². The highest BCUT2D eigenvalue weighted by atomic mass is 19.4. The molecule has 29 heavy (non-hydrogen) atoms. The molecular weight excluding hydrogens is 399 g/mol. The third-order valence-electron chi connectivity index (χ3n) is 3.39. The molecule has 0 saturated carbocycles. The quantitative estimate of drug-likeness (QED) is 0.0779. The minimum Gasteiger partial charge on any atom is -0.409 e. The largest absolute Gasteiger partial charge is 0.409 e. The molecule has 6 N–H and O–H groups in total. The Bertz CT molecular complexity index is 887. The molecule has 2 rings (SSSR count). The Morgan fingerprint density at radius 1 is 1.28 bits per heavy atom. The van der Waals surface area contributed by atoms with Crippen LogP contribution in [0.5, 0.6) is 0 Å². The summed E-state index contributed by atoms with van der Waals surface area (Å²) in [5, 5.41) is 27.6. The molecule has 0 aliphatic rings. The molecule has 0 aliphatic heterocycles. The number of oxime groups is 1. The van der Waals surface area contributed by atoms with Crippen molar-refractivity contribution >= 4 is 36.6 Å². The van der Waals surface area contributed by atoms with Gasteiger partial charge in [0.05, 0.1) is 0 Å². The van der Waals surface area contributed by atoms with E-state index in [9.17, 15) is 22.8 Å². The maximum atomic E-state index is 13.4. The number of halogens is 4. The molecule has 0 bridgehead atoms. The van der Waals surface area contributed by atoms with E-state index in [0.717, 1.165) is 0 Å². The van der Waals surface area contributed by atoms with E-state index in [0.29, 0.717) is 11.2 Å². The molecule has 10 nitrogen and oxygen atoms in total. The highest BCUT2D eigenvalue weighted by molar-refractivity contribution is 6.33. The normalized spacial score (nSPS) is 12.7. The lowest BCUT2D eigenvalue weighted by molar-refractivity contribution is -0.118. The molecule has 1 aromatic carbocycles. The van der Waals surface area contributed by atoms with E-state index < -0.39 is 18.5 Å². The molecule has 0 spiro atoms. The van der Waals surface area contributed by atoms with E-state index in [1.807, 2.05) is 0 Å². The molecular formula is C14H17BF4N8O2. The van der Waals surface area contributed by atoms with Crippen molar-refractivity contribution in [3.8, 4) is 0 Å². The summed E-state index contributed by atoms with van der Waals surface area (Å²) in [7, 11) is 1.57. The van der Waals surface area contributed by atoms with Crippen molar-refractivity contribution < 1.29 is 27.4 Å². The molecule has 0 aliphatic carbocycles. The Morgan fingerprint density at radius 2 is 2.03 bits per heavy atom. The molecule has 1 aromatic heterocycles. The summed E-state index contributed by atoms with van der Waals surface area (Å²) in [6, 6.07) is 4.17. The average molecular weight is 416 g/mol. The molecule has 2 aromatic rings. The Morgan fingerprint density at radius 3 is 2.69 bits per heavy atom. The van der Waals surface area contributed by atoms with Gasteiger partial charge in [0.25, 0.3) is 0 Å². The van der Waals surface area contributed by atoms with Crippen LogP contribution in [0.4, 0.5) is 29.1 Å². The monoisotopic (exact) mass is 416 g/mol. The van der Waals surface area contributed by atoms with Crippen LogP contribution in [-0.4, -0.2) is 61.0 Å². The van der Waals surface area contributed by atoms with Crippen molar-refractivity contribution in [3.05, 3.63) is 29.7 Å². The maximum absolute atomic E-state index is 13.4. The zero-order chi connectivity index (χ0) is 21.4. The Labute approximate surface area is 162 Å². The fraction of sp³-hybridized carbons (Fsp3) is 0.286. The molecule has 15 heteroatoms. The first kappa shape index (κ1) is 21.8. The second kappa shape index (κ2) is 9.61. The first-order chi connectivity index (χ1) is 13.7. The number of benzene rings is 1. The zero-order valence-electron chi connectivity index (χ0n) is 15.1. The van der Waals surface area contributed by atoms with Gasteiger partial charge >= 0.3 is 6.18 Å². The van der Waals surface area contributed by atoms with E-state index in [1.165, 1.54) is 18.2 Å². The lowest BCUT2D eigenvalue weighted by atomic mass is 9.95. The molecule has 156 valence electrons. The fourth-order valence-electron chi connectivity index (χ4n) is 2.05. The Kier molecular flexibility index (Phi) is 7.22. The minimum atomic E-state index is -4.44. The fourth-order valence-corrected chi connectivity index (χ4v) is 2.05. The van der Waals surface area contributed by atoms with Crippen LogP contribution < -0.4 is 27.1 Å². The number of rotatable bonds is 7. The summed E-state index contributed by atoms with van der Waals surface area (Å²) in [6.07, 6.45) is -4.44. The second-order valence-corrected chi connectivity index (χ2v) is 5.67. The molecule has 0 atom stereocenters. The third-order valence-corrected chi connectivity index (χ3v) is 3.39. The highest BCUT2D eigenvalue weighted by Crippen LogP contribution is 2.15. The predicted molar refractivity (Wildman–Crippen MR) is 99.9 cm³/mol. The van der Waals surface area contributed by atoms with Gasteiger partial charge in [0.15, 0.2) is 11.7 Å². The van der Waals surface area contributed by atoms with Gasteiger partial charge in [0.1, 0.15) is 20.2 Å². The van der Waals surface area contributed by atoms with Gasteiger partial charge in [-0.05, 0) is 28.5 Å². The van der Waals surface area contributed by atoms with Gasteiger partial charge in [-0.2, -0.15) is 13.2 Å². The van der Waals surface area contributed by atoms with Gasteiger partial charge in [-0.3, -0.25) is 0 Å². The summed E-state index contributed by atoms with van der Waals surface area (Å²) in [6.45, 7) is -1.13. The first-order valence-corrected chi connectivity index (χ1v) is 8.12. The maximum Gasteiger partial charge on any atom is 0.408 e. The number of nitrogens with two attached hydrogens (primary N) is 1. The topological polar surface area (TPSA) is 146 Å². The van der Waals surface area contributed by atoms with E-state index in [2.05, 4.69) is 41.0 Å². The van der Waals surface area contributed by atoms with Crippen LogP contribution in [0.3, 0.4) is 0 Å². The van der Waals surface area contributed by atoms with Crippen LogP contribution in [-0.2, 0) is 0 Å². The van der Waals surface area contributed by atoms with E-state index in [1.54, 1.807) is 7.85 Å². The molecule has 0 amide bonds. The molecule has 0 saturated heterocycles. The lowest BCUT2D eigenvalue weighted by Gasteiger charge is -2.10. The lowest BCUT2D eigenvalue weighted by Crippen LogP contribution is -2.36. The third kappa shape index (κ3) is 6.86. The van der Waals surface area contributed by atoms with Crippen molar-refractivity contribution in [2.75, 3.05) is 30.3 Å². The predicted octanol–water partition coefficient (Wildman–Crippen LogP) is -0.407. The van der Waals surface area contributed by atoms with Crippen LogP contribution in [0.25, 0.3) is 0 Å². The summed E-state index contributed by atoms with van der Waals surface area (Å²) in [5.74, 6) is -0.793. The summed E-state index contributed by atoms with van der Waals surface area (Å²) >= 11 is 0. The number of amidine groups is 1. The standard InChI is InChI=1S/C14H17BF4N8O2/c15-8-5-7(1-2-9(8)16)24-12(25-28)10-11(27-29-26-10)21-3-4-22-13(20)23-6-14(17,18)19/h1-2,5,28H,3-4,6,15H2,(H,21,27)(H,24,25)(H3,20,22,23). The van der Waals surface area contributed by atoms with Gasteiger partial charge in [0, 0.05) is 18.8 Å². The van der Waals surface area contributed by atoms with E-state index in [4.69, 9.17) is 5.73 Å². The number of aliphatic imine (C=N–C) groups is 1. The average Bonchev–Trinajstić information content (AvgIpc) is 3.12. The van der Waals surface area contributed by atoms with Gasteiger partial charge < -0.3 is 26.9 Å². The van der Waals surface area contributed by atoms with Crippen LogP contribution >= 0.6 is 0 Å². The van der Waals surface area contributed by atoms with Gasteiger partial charge in [0.2, 0.25) is 11.7 Å². The minimum absolute atomic E-state index is 0.0215. The van der Waals surface area contributed by atoms with Crippen molar-refractivity contribution in [1.29, 1.82) is 0 Å². The second-order valence-electron chi connectivity index (χ2n) is 5.67. The van der Waals surface area contributed by atoms with Crippen LogP contribution in [0.15, 0.2) is 33.0 Å². The van der Waals surface area contributed by atoms with Crippen molar-refractivity contribution in [2.24, 2.45) is 15.9 Å². The SMILES string of the molecule is Bc1cc(N/C(=N\O)c2nonc2NCCN/C(N)=N/CC(F)(F)F)ccc1F. The molecule has 0 radical (unpaired) electrons. The first-order valence-electron chi connectivity index (χ1n) is 8.12. The number of hydrogen-bond acceptors (Lipinski definition) is 7. The summed E-state index contributed by atoms with van der Waals surface area (Å²) < 4.78 is 54.1. The van der Waals surface area contributed by atoms with Crippen LogP contribution in [0.1, 0.15) is 5.69 Å². The zero-order valence-corrected chi connectivity index (χ0v) is 15.1. The van der Waals surface area contributed by atoms with Gasteiger partial charge in [-0.25, -0.2) is 14.0 Å². The number of nitrogens with one attached hydrogen (secondary N) is 3. The smallest absolute Gasteiger partial charge is 0.408 e. The Balaban J connectivity index is 1.93. The highest BCUT2D eigenvalue weighted by Gasteiger charge is 2.26. The van der Waals surface area contributed by atoms with Crippen LogP contribution in [0.2, 0.25) is 0 Å². The van der Waals surface area contributed by atoms with Gasteiger partial charge in [-0.1, -0.05) is 10.6 Å².